The Morgan fingerprint density at radius 2 is 1.84 bits per heavy atom. The number of ether oxygens (including phenoxy) is 4. The summed E-state index contributed by atoms with van der Waals surface area (Å²) in [6, 6.07) is 10.3. The minimum Gasteiger partial charge on any atom is -0.467 e. The first-order chi connectivity index (χ1) is 20.9. The van der Waals surface area contributed by atoms with Crippen LogP contribution in [-0.4, -0.2) is 78.3 Å². The van der Waals surface area contributed by atoms with E-state index < -0.39 is 42.8 Å². The largest absolute Gasteiger partial charge is 0.467 e. The number of benzene rings is 2. The Hall–Kier alpha value is -3.42. The highest BCUT2D eigenvalue weighted by Crippen LogP contribution is 2.66. The number of rotatable bonds is 5. The number of nitrogen functional groups attached to an aromatic ring is 1. The van der Waals surface area contributed by atoms with E-state index in [9.17, 15) is 24.9 Å². The zero-order valence-electron chi connectivity index (χ0n) is 25.1. The zero-order valence-corrected chi connectivity index (χ0v) is 25.1. The summed E-state index contributed by atoms with van der Waals surface area (Å²) < 4.78 is 21.8. The fourth-order valence-corrected chi connectivity index (χ4v) is 7.68. The van der Waals surface area contributed by atoms with Crippen molar-refractivity contribution in [3.8, 4) is 11.5 Å². The van der Waals surface area contributed by atoms with Crippen LogP contribution in [0.4, 0.5) is 16.2 Å². The third-order valence-corrected chi connectivity index (χ3v) is 10.4. The molecule has 1 aliphatic heterocycles. The van der Waals surface area contributed by atoms with E-state index in [0.29, 0.717) is 17.4 Å². The van der Waals surface area contributed by atoms with E-state index in [4.69, 9.17) is 25.7 Å². The van der Waals surface area contributed by atoms with Gasteiger partial charge in [0.1, 0.15) is 29.8 Å². The van der Waals surface area contributed by atoms with Gasteiger partial charge in [0.2, 0.25) is 6.29 Å². The van der Waals surface area contributed by atoms with E-state index in [1.54, 1.807) is 6.07 Å². The molecule has 3 aliphatic carbocycles. The number of esters is 1. The number of aliphatic hydroxyl groups is 3. The minimum atomic E-state index is -1.77. The van der Waals surface area contributed by atoms with E-state index >= 15 is 0 Å². The summed E-state index contributed by atoms with van der Waals surface area (Å²) in [4.78, 5) is 26.7. The van der Waals surface area contributed by atoms with Crippen LogP contribution in [0.15, 0.2) is 36.4 Å². The first-order valence-electron chi connectivity index (χ1n) is 15.1. The average Bonchev–Trinajstić information content (AvgIpc) is 3.70. The molecule has 3 fully saturated rings. The van der Waals surface area contributed by atoms with Gasteiger partial charge in [0, 0.05) is 24.2 Å². The maximum absolute atomic E-state index is 13.5. The maximum Gasteiger partial charge on any atom is 0.419 e. The van der Waals surface area contributed by atoms with E-state index in [1.165, 1.54) is 55.0 Å². The Morgan fingerprint density at radius 3 is 2.59 bits per heavy atom. The van der Waals surface area contributed by atoms with E-state index in [1.807, 2.05) is 6.07 Å². The van der Waals surface area contributed by atoms with Crippen LogP contribution in [0.3, 0.4) is 0 Å². The summed E-state index contributed by atoms with van der Waals surface area (Å²) in [6.07, 6.45) is -2.49. The quantitative estimate of drug-likeness (QED) is 0.246. The molecule has 2 saturated carbocycles. The Kier molecular flexibility index (Phi) is 7.78. The Balaban J connectivity index is 1.23. The maximum atomic E-state index is 13.5. The Morgan fingerprint density at radius 1 is 1.07 bits per heavy atom. The van der Waals surface area contributed by atoms with Crippen molar-refractivity contribution in [3.05, 3.63) is 47.5 Å². The van der Waals surface area contributed by atoms with E-state index in [0.717, 1.165) is 31.9 Å². The van der Waals surface area contributed by atoms with Gasteiger partial charge in [0.15, 0.2) is 6.10 Å². The van der Waals surface area contributed by atoms with Crippen LogP contribution in [0.1, 0.15) is 50.2 Å². The standard InChI is InChI=1S/C32H41N3O9/c1-31-11-5-4-6-17-15-32(17,29(31)34)14-16-7-9-19(13-20(16)31)42-30(40)35(2)21-12-18(33)8-10-22(21)43-28-25(38)23(36)24(37)26(44-28)27(39)41-3/h7-10,12-13,17,23-26,28-29,36-38H,4-6,11,14-15,33-34H2,1-3H3/t17?,23-,24-,25+,26-,28+,29+,31+,32?/m0/s1. The second kappa shape index (κ2) is 11.2. The molecule has 6 rings (SSSR count). The highest BCUT2D eigenvalue weighted by molar-refractivity contribution is 5.91. The van der Waals surface area contributed by atoms with Crippen LogP contribution in [0.2, 0.25) is 0 Å². The number of carbonyl (C=O) groups excluding carboxylic acids is 2. The van der Waals surface area contributed by atoms with Gasteiger partial charge in [-0.3, -0.25) is 4.90 Å². The zero-order chi connectivity index (χ0) is 31.6. The normalized spacial score (nSPS) is 35.7. The van der Waals surface area contributed by atoms with Gasteiger partial charge in [0.25, 0.3) is 0 Å². The van der Waals surface area contributed by atoms with Crippen molar-refractivity contribution in [2.75, 3.05) is 24.8 Å². The molecule has 2 aromatic rings. The summed E-state index contributed by atoms with van der Waals surface area (Å²) in [5.74, 6) is 0.153. The van der Waals surface area contributed by atoms with Crippen molar-refractivity contribution >= 4 is 23.4 Å². The Labute approximate surface area is 255 Å². The molecule has 2 unspecified atom stereocenters. The van der Waals surface area contributed by atoms with Gasteiger partial charge in [-0.1, -0.05) is 25.8 Å². The number of anilines is 2. The van der Waals surface area contributed by atoms with Crippen LogP contribution in [0, 0.1) is 11.3 Å². The average molecular weight is 612 g/mol. The number of methoxy groups -OCH3 is 1. The van der Waals surface area contributed by atoms with Gasteiger partial charge < -0.3 is 45.7 Å². The topological polar surface area (TPSA) is 187 Å². The van der Waals surface area contributed by atoms with Gasteiger partial charge in [-0.15, -0.1) is 0 Å². The predicted molar refractivity (Wildman–Crippen MR) is 159 cm³/mol. The van der Waals surface area contributed by atoms with Gasteiger partial charge in [-0.05, 0) is 78.5 Å². The first kappa shape index (κ1) is 30.6. The third-order valence-electron chi connectivity index (χ3n) is 10.4. The van der Waals surface area contributed by atoms with Crippen molar-refractivity contribution in [2.24, 2.45) is 17.1 Å². The third kappa shape index (κ3) is 4.98. The molecule has 2 aromatic carbocycles. The fourth-order valence-electron chi connectivity index (χ4n) is 7.68. The van der Waals surface area contributed by atoms with Crippen LogP contribution in [0.5, 0.6) is 11.5 Å². The predicted octanol–water partition coefficient (Wildman–Crippen LogP) is 1.98. The summed E-state index contributed by atoms with van der Waals surface area (Å²) in [5.41, 5.74) is 15.9. The summed E-state index contributed by atoms with van der Waals surface area (Å²) in [7, 11) is 2.57. The number of amides is 1. The lowest BCUT2D eigenvalue weighted by Crippen LogP contribution is -2.61. The highest BCUT2D eigenvalue weighted by atomic mass is 16.7. The molecule has 4 aliphatic rings. The van der Waals surface area contributed by atoms with Gasteiger partial charge in [-0.25, -0.2) is 9.59 Å². The number of carbonyl (C=O) groups is 2. The number of hydrogen-bond acceptors (Lipinski definition) is 11. The molecule has 44 heavy (non-hydrogen) atoms. The molecule has 2 bridgehead atoms. The molecule has 1 spiro atoms. The number of nitrogens with zero attached hydrogens (tertiary/aromatic N) is 1. The highest BCUT2D eigenvalue weighted by Gasteiger charge is 2.64. The monoisotopic (exact) mass is 611 g/mol. The SMILES string of the molecule is COC(=O)[C@H]1O[C@@H](Oc2ccc(N)cc2N(C)C(=O)Oc2ccc3c(c2)[C@@]2(C)CCCCC4CC4(C3)[C@@H]2N)[C@H](O)[C@@H](O)[C@@H]1O. The molecule has 1 heterocycles. The molecule has 238 valence electrons. The molecule has 12 nitrogen and oxygen atoms in total. The van der Waals surface area contributed by atoms with Crippen molar-refractivity contribution in [2.45, 2.75) is 87.6 Å². The molecule has 1 saturated heterocycles. The van der Waals surface area contributed by atoms with E-state index in [-0.39, 0.29) is 28.3 Å². The van der Waals surface area contributed by atoms with Crippen molar-refractivity contribution in [1.82, 2.24) is 0 Å². The van der Waals surface area contributed by atoms with E-state index in [2.05, 4.69) is 17.7 Å². The number of aliphatic hydroxyl groups excluding tert-OH is 3. The number of hydrogen-bond donors (Lipinski definition) is 5. The number of nitrogens with two attached hydrogens (primary N) is 2. The van der Waals surface area contributed by atoms with Crippen LogP contribution >= 0.6 is 0 Å². The summed E-state index contributed by atoms with van der Waals surface area (Å²) >= 11 is 0. The van der Waals surface area contributed by atoms with Crippen molar-refractivity contribution < 1.29 is 43.9 Å². The van der Waals surface area contributed by atoms with Crippen LogP contribution in [-0.2, 0) is 26.1 Å². The lowest BCUT2D eigenvalue weighted by atomic mass is 9.59. The molecule has 0 radical (unpaired) electrons. The molecule has 7 N–H and O–H groups in total. The van der Waals surface area contributed by atoms with Gasteiger partial charge in [-0.2, -0.15) is 0 Å². The fraction of sp³-hybridized carbons (Fsp3) is 0.562. The summed E-state index contributed by atoms with van der Waals surface area (Å²) in [6.45, 7) is 2.24. The first-order valence-corrected chi connectivity index (χ1v) is 15.1. The van der Waals surface area contributed by atoms with Crippen molar-refractivity contribution in [1.29, 1.82) is 0 Å². The Bertz CT molecular complexity index is 1450. The molecule has 9 atom stereocenters. The molecule has 12 heteroatoms. The summed E-state index contributed by atoms with van der Waals surface area (Å²) in [5, 5.41) is 31.0. The molecular formula is C32H41N3O9. The van der Waals surface area contributed by atoms with Crippen LogP contribution < -0.4 is 25.8 Å². The second-order valence-corrected chi connectivity index (χ2v) is 13.0. The lowest BCUT2D eigenvalue weighted by Gasteiger charge is -2.48. The molecular weight excluding hydrogens is 570 g/mol. The van der Waals surface area contributed by atoms with Gasteiger partial charge >= 0.3 is 12.1 Å². The second-order valence-electron chi connectivity index (χ2n) is 13.0. The smallest absolute Gasteiger partial charge is 0.419 e. The molecule has 0 aromatic heterocycles. The molecule has 1 amide bonds. The van der Waals surface area contributed by atoms with Crippen LogP contribution in [0.25, 0.3) is 0 Å². The minimum absolute atomic E-state index is 0.0395. The van der Waals surface area contributed by atoms with Gasteiger partial charge in [0.05, 0.1) is 12.8 Å². The lowest BCUT2D eigenvalue weighted by molar-refractivity contribution is -0.271. The number of fused-ring (bicyclic) bond motifs is 3. The van der Waals surface area contributed by atoms with Crippen molar-refractivity contribution in [3.63, 3.8) is 0 Å².